The zero-order valence-corrected chi connectivity index (χ0v) is 16.9. The Morgan fingerprint density at radius 1 is 1.48 bits per heavy atom. The third-order valence-corrected chi connectivity index (χ3v) is 5.53. The molecule has 3 rings (SSSR count). The maximum Gasteiger partial charge on any atom is 0.347 e. The number of halogens is 1. The summed E-state index contributed by atoms with van der Waals surface area (Å²) in [6, 6.07) is 9.38. The van der Waals surface area contributed by atoms with Gasteiger partial charge in [-0.2, -0.15) is 10.2 Å². The average Bonchev–Trinajstić information content (AvgIpc) is 3.17. The fourth-order valence-corrected chi connectivity index (χ4v) is 4.55. The quantitative estimate of drug-likeness (QED) is 0.322. The number of carbonyl (C=O) groups excluding carboxylic acids is 1. The highest BCUT2D eigenvalue weighted by molar-refractivity contribution is 8.24. The number of carbonyl (C=O) groups is 1. The predicted molar refractivity (Wildman–Crippen MR) is 110 cm³/mol. The first-order valence-corrected chi connectivity index (χ1v) is 9.52. The number of nitrogens with zero attached hydrogens (tertiary/aromatic N) is 3. The molecule has 1 aliphatic heterocycles. The zero-order valence-electron chi connectivity index (χ0n) is 14.5. The largest absolute Gasteiger partial charge is 0.463 e. The van der Waals surface area contributed by atoms with Crippen LogP contribution in [0, 0.1) is 0 Å². The van der Waals surface area contributed by atoms with E-state index in [1.807, 2.05) is 13.8 Å². The van der Waals surface area contributed by atoms with Crippen LogP contribution in [0.25, 0.3) is 0 Å². The Balaban J connectivity index is 1.81. The van der Waals surface area contributed by atoms with Crippen molar-refractivity contribution in [3.63, 3.8) is 0 Å². The van der Waals surface area contributed by atoms with Crippen LogP contribution in [-0.4, -0.2) is 42.8 Å². The summed E-state index contributed by atoms with van der Waals surface area (Å²) >= 11 is 12.6. The van der Waals surface area contributed by atoms with Gasteiger partial charge in [-0.1, -0.05) is 41.6 Å². The molecule has 2 amide bonds. The van der Waals surface area contributed by atoms with Gasteiger partial charge < -0.3 is 9.73 Å². The van der Waals surface area contributed by atoms with E-state index in [1.54, 1.807) is 36.4 Å². The van der Waals surface area contributed by atoms with Gasteiger partial charge in [0.15, 0.2) is 10.5 Å². The second-order valence-corrected chi connectivity index (χ2v) is 8.96. The number of rotatable bonds is 4. The highest BCUT2D eigenvalue weighted by Gasteiger charge is 2.50. The standard InChI is InChI=1S/C17H17ClN4O3S2/c1-17(2)14(21(16(26)27-17)19-10-13-7-4-8-25-13)22(24)15(23)20-12-6-3-5-11(18)9-12/h3-10,14,24H,1-2H3,(H,20,23)/b19-10+. The second-order valence-electron chi connectivity index (χ2n) is 6.23. The third kappa shape index (κ3) is 4.44. The molecular weight excluding hydrogens is 408 g/mol. The van der Waals surface area contributed by atoms with E-state index >= 15 is 0 Å². The fourth-order valence-electron chi connectivity index (χ4n) is 2.57. The summed E-state index contributed by atoms with van der Waals surface area (Å²) in [4.78, 5) is 12.6. The lowest BCUT2D eigenvalue weighted by molar-refractivity contribution is -0.114. The van der Waals surface area contributed by atoms with Crippen LogP contribution in [0.4, 0.5) is 10.5 Å². The normalized spacial score (nSPS) is 18.9. The number of thioether (sulfide) groups is 1. The van der Waals surface area contributed by atoms with Crippen LogP contribution in [-0.2, 0) is 0 Å². The highest BCUT2D eigenvalue weighted by atomic mass is 35.5. The van der Waals surface area contributed by atoms with Gasteiger partial charge in [-0.15, -0.1) is 0 Å². The predicted octanol–water partition coefficient (Wildman–Crippen LogP) is 4.63. The Morgan fingerprint density at radius 2 is 2.26 bits per heavy atom. The van der Waals surface area contributed by atoms with Crippen molar-refractivity contribution >= 4 is 57.8 Å². The average molecular weight is 425 g/mol. The molecule has 1 aliphatic rings. The van der Waals surface area contributed by atoms with Gasteiger partial charge in [0, 0.05) is 10.7 Å². The molecule has 0 spiro atoms. The molecule has 2 N–H and O–H groups in total. The molecule has 1 aromatic heterocycles. The number of amides is 2. The lowest BCUT2D eigenvalue weighted by Gasteiger charge is -2.34. The fraction of sp³-hybridized carbons (Fsp3) is 0.235. The molecule has 0 aliphatic carbocycles. The number of urea groups is 1. The van der Waals surface area contributed by atoms with Crippen LogP contribution in [0.3, 0.4) is 0 Å². The molecule has 1 fully saturated rings. The Kier molecular flexibility index (Phi) is 5.75. The van der Waals surface area contributed by atoms with Gasteiger partial charge in [0.25, 0.3) is 0 Å². The van der Waals surface area contributed by atoms with Gasteiger partial charge >= 0.3 is 6.03 Å². The molecule has 0 bridgehead atoms. The van der Waals surface area contributed by atoms with Gasteiger partial charge in [0.05, 0.1) is 17.2 Å². The maximum absolute atomic E-state index is 12.6. The van der Waals surface area contributed by atoms with Crippen LogP contribution in [0.1, 0.15) is 19.6 Å². The van der Waals surface area contributed by atoms with Gasteiger partial charge in [-0.25, -0.2) is 9.80 Å². The lowest BCUT2D eigenvalue weighted by Crippen LogP contribution is -2.54. The molecule has 1 saturated heterocycles. The number of anilines is 1. The number of furan rings is 1. The van der Waals surface area contributed by atoms with Gasteiger partial charge in [0.1, 0.15) is 5.76 Å². The molecule has 1 aromatic carbocycles. The van der Waals surface area contributed by atoms with Crippen molar-refractivity contribution in [1.29, 1.82) is 0 Å². The van der Waals surface area contributed by atoms with Crippen molar-refractivity contribution in [3.05, 3.63) is 53.4 Å². The summed E-state index contributed by atoms with van der Waals surface area (Å²) in [5.41, 5.74) is 0.461. The van der Waals surface area contributed by atoms with Gasteiger partial charge in [-0.05, 0) is 44.2 Å². The van der Waals surface area contributed by atoms with Gasteiger partial charge in [-0.3, -0.25) is 5.21 Å². The zero-order chi connectivity index (χ0) is 19.6. The van der Waals surface area contributed by atoms with Crippen molar-refractivity contribution < 1.29 is 14.4 Å². The maximum atomic E-state index is 12.6. The van der Waals surface area contributed by atoms with Crippen LogP contribution < -0.4 is 5.32 Å². The molecule has 2 heterocycles. The van der Waals surface area contributed by atoms with E-state index in [0.717, 1.165) is 0 Å². The summed E-state index contributed by atoms with van der Waals surface area (Å²) in [7, 11) is 0. The van der Waals surface area contributed by atoms with E-state index in [0.29, 0.717) is 25.9 Å². The minimum atomic E-state index is -0.819. The number of hydrogen-bond donors (Lipinski definition) is 2. The first-order valence-electron chi connectivity index (χ1n) is 7.92. The third-order valence-electron chi connectivity index (χ3n) is 3.76. The second kappa shape index (κ2) is 7.89. The molecule has 2 aromatic rings. The van der Waals surface area contributed by atoms with Crippen LogP contribution >= 0.6 is 35.6 Å². The van der Waals surface area contributed by atoms with Crippen LogP contribution in [0.2, 0.25) is 5.02 Å². The summed E-state index contributed by atoms with van der Waals surface area (Å²) in [6.07, 6.45) is 2.18. The SMILES string of the molecule is CC1(C)SC(=S)N(/N=C/c2ccco2)C1N(O)C(=O)Nc1cccc(Cl)c1. The minimum Gasteiger partial charge on any atom is -0.463 e. The highest BCUT2D eigenvalue weighted by Crippen LogP contribution is 2.42. The molecule has 1 atom stereocenters. The number of nitrogens with one attached hydrogen (secondary N) is 1. The molecule has 1 unspecified atom stereocenters. The van der Waals surface area contributed by atoms with Crippen molar-refractivity contribution in [1.82, 2.24) is 10.1 Å². The van der Waals surface area contributed by atoms with E-state index in [2.05, 4.69) is 10.4 Å². The molecule has 7 nitrogen and oxygen atoms in total. The van der Waals surface area contributed by atoms with E-state index in [9.17, 15) is 10.0 Å². The summed E-state index contributed by atoms with van der Waals surface area (Å²) in [6.45, 7) is 3.74. The van der Waals surface area contributed by atoms with Gasteiger partial charge in [0.2, 0.25) is 0 Å². The number of thiocarbonyl (C=S) groups is 1. The number of hydrogen-bond acceptors (Lipinski definition) is 6. The van der Waals surface area contributed by atoms with Crippen LogP contribution in [0.5, 0.6) is 0 Å². The Hall–Kier alpha value is -2.07. The number of hydrazone groups is 1. The topological polar surface area (TPSA) is 81.3 Å². The Bertz CT molecular complexity index is 873. The first kappa shape index (κ1) is 19.7. The Morgan fingerprint density at radius 3 is 2.93 bits per heavy atom. The minimum absolute atomic E-state index is 0.433. The molecule has 0 saturated carbocycles. The summed E-state index contributed by atoms with van der Waals surface area (Å²) in [5.74, 6) is 0.527. The lowest BCUT2D eigenvalue weighted by atomic mass is 10.1. The van der Waals surface area contributed by atoms with Crippen molar-refractivity contribution in [2.75, 3.05) is 5.32 Å². The molecular formula is C17H17ClN4O3S2. The molecule has 0 radical (unpaired) electrons. The smallest absolute Gasteiger partial charge is 0.347 e. The number of hydroxylamine groups is 2. The first-order chi connectivity index (χ1) is 12.8. The molecule has 10 heteroatoms. The summed E-state index contributed by atoms with van der Waals surface area (Å²) < 4.78 is 5.05. The number of benzene rings is 1. The van der Waals surface area contributed by atoms with Crippen molar-refractivity contribution in [2.24, 2.45) is 5.10 Å². The van der Waals surface area contributed by atoms with E-state index in [1.165, 1.54) is 29.2 Å². The van der Waals surface area contributed by atoms with E-state index in [-0.39, 0.29) is 0 Å². The van der Waals surface area contributed by atoms with Crippen LogP contribution in [0.15, 0.2) is 52.2 Å². The van der Waals surface area contributed by atoms with Crippen molar-refractivity contribution in [2.45, 2.75) is 24.8 Å². The van der Waals surface area contributed by atoms with E-state index < -0.39 is 16.9 Å². The van der Waals surface area contributed by atoms with Crippen molar-refractivity contribution in [3.8, 4) is 0 Å². The molecule has 142 valence electrons. The Labute approximate surface area is 170 Å². The monoisotopic (exact) mass is 424 g/mol. The summed E-state index contributed by atoms with van der Waals surface area (Å²) in [5, 5.41) is 20.0. The molecule has 27 heavy (non-hydrogen) atoms. The van der Waals surface area contributed by atoms with E-state index in [4.69, 9.17) is 28.2 Å².